The first kappa shape index (κ1) is 12.2. The Balaban J connectivity index is 2.13. The average molecular weight is 255 g/mol. The van der Waals surface area contributed by atoms with Gasteiger partial charge in [0.05, 0.1) is 6.04 Å². The Bertz CT molecular complexity index is 595. The lowest BCUT2D eigenvalue weighted by molar-refractivity contribution is -0.139. The first-order valence-electron chi connectivity index (χ1n) is 6.57. The van der Waals surface area contributed by atoms with Crippen molar-refractivity contribution in [3.8, 4) is 0 Å². The van der Waals surface area contributed by atoms with Crippen LogP contribution in [-0.2, 0) is 15.0 Å². The molecule has 0 saturated heterocycles. The summed E-state index contributed by atoms with van der Waals surface area (Å²) in [4.78, 5) is 25.2. The van der Waals surface area contributed by atoms with Crippen molar-refractivity contribution in [1.29, 1.82) is 0 Å². The number of rotatable bonds is 1. The molecule has 3 heteroatoms. The number of hydrogen-bond donors (Lipinski definition) is 0. The molecule has 0 N–H and O–H groups in total. The van der Waals surface area contributed by atoms with Gasteiger partial charge < -0.3 is 0 Å². The first-order chi connectivity index (χ1) is 8.92. The maximum absolute atomic E-state index is 11.9. The van der Waals surface area contributed by atoms with E-state index in [1.54, 1.807) is 0 Å². The Morgan fingerprint density at radius 3 is 2.42 bits per heavy atom. The number of hydrogen-bond acceptors (Lipinski definition) is 2. The predicted octanol–water partition coefficient (Wildman–Crippen LogP) is 2.64. The lowest BCUT2D eigenvalue weighted by Gasteiger charge is -2.25. The Morgan fingerprint density at radius 1 is 1.16 bits per heavy atom. The van der Waals surface area contributed by atoms with Gasteiger partial charge in [0.2, 0.25) is 0 Å². The molecule has 0 saturated carbocycles. The van der Waals surface area contributed by atoms with Crippen molar-refractivity contribution in [1.82, 2.24) is 4.90 Å². The lowest BCUT2D eigenvalue weighted by Crippen LogP contribution is -2.34. The van der Waals surface area contributed by atoms with Crippen LogP contribution in [0.3, 0.4) is 0 Å². The van der Waals surface area contributed by atoms with Crippen LogP contribution >= 0.6 is 0 Å². The van der Waals surface area contributed by atoms with Crippen molar-refractivity contribution >= 4 is 11.8 Å². The Morgan fingerprint density at radius 2 is 1.79 bits per heavy atom. The molecule has 2 amide bonds. The largest absolute Gasteiger partial charge is 0.269 e. The third-order valence-corrected chi connectivity index (χ3v) is 4.25. The Kier molecular flexibility index (Phi) is 2.43. The third-order valence-electron chi connectivity index (χ3n) is 4.25. The van der Waals surface area contributed by atoms with Crippen LogP contribution in [0.2, 0.25) is 0 Å². The summed E-state index contributed by atoms with van der Waals surface area (Å²) in [6.45, 7) is 6.39. The number of fused-ring (bicyclic) bond motifs is 1. The molecule has 1 aromatic carbocycles. The molecule has 1 aliphatic carbocycles. The van der Waals surface area contributed by atoms with Crippen LogP contribution < -0.4 is 0 Å². The summed E-state index contributed by atoms with van der Waals surface area (Å²) in [5.41, 5.74) is 3.55. The molecule has 0 fully saturated rings. The number of imide groups is 1. The van der Waals surface area contributed by atoms with E-state index in [1.165, 1.54) is 22.6 Å². The molecule has 1 aliphatic heterocycles. The minimum Gasteiger partial charge on any atom is -0.269 e. The van der Waals surface area contributed by atoms with Crippen LogP contribution in [0.15, 0.2) is 30.4 Å². The van der Waals surface area contributed by atoms with Gasteiger partial charge in [0.15, 0.2) is 0 Å². The normalized spacial score (nSPS) is 24.2. The molecular formula is C16H17NO2. The quantitative estimate of drug-likeness (QED) is 0.723. The van der Waals surface area contributed by atoms with E-state index in [-0.39, 0.29) is 23.3 Å². The number of aryl methyl sites for hydroxylation is 1. The maximum atomic E-state index is 11.9. The highest BCUT2D eigenvalue weighted by atomic mass is 16.2. The van der Waals surface area contributed by atoms with Crippen molar-refractivity contribution in [2.45, 2.75) is 38.6 Å². The summed E-state index contributed by atoms with van der Waals surface area (Å²) >= 11 is 0. The highest BCUT2D eigenvalue weighted by molar-refractivity contribution is 6.13. The molecule has 1 atom stereocenters. The second kappa shape index (κ2) is 3.80. The number of benzene rings is 1. The van der Waals surface area contributed by atoms with Crippen LogP contribution in [0, 0.1) is 6.92 Å². The zero-order valence-corrected chi connectivity index (χ0v) is 11.4. The molecule has 3 nitrogen and oxygen atoms in total. The molecule has 98 valence electrons. The van der Waals surface area contributed by atoms with Gasteiger partial charge >= 0.3 is 0 Å². The maximum Gasteiger partial charge on any atom is 0.254 e. The van der Waals surface area contributed by atoms with Crippen LogP contribution in [0.4, 0.5) is 0 Å². The third kappa shape index (κ3) is 1.65. The van der Waals surface area contributed by atoms with Crippen molar-refractivity contribution < 1.29 is 9.59 Å². The van der Waals surface area contributed by atoms with Gasteiger partial charge in [-0.2, -0.15) is 0 Å². The van der Waals surface area contributed by atoms with Crippen LogP contribution in [0.1, 0.15) is 43.0 Å². The summed E-state index contributed by atoms with van der Waals surface area (Å²) in [6.07, 6.45) is 3.53. The summed E-state index contributed by atoms with van der Waals surface area (Å²) in [5, 5.41) is 0. The van der Waals surface area contributed by atoms with Gasteiger partial charge in [-0.15, -0.1) is 0 Å². The molecule has 0 spiro atoms. The molecule has 2 aliphatic rings. The van der Waals surface area contributed by atoms with Crippen molar-refractivity contribution in [2.24, 2.45) is 0 Å². The fraction of sp³-hybridized carbons (Fsp3) is 0.375. The van der Waals surface area contributed by atoms with Crippen LogP contribution in [0.5, 0.6) is 0 Å². The molecular weight excluding hydrogens is 238 g/mol. The number of nitrogens with zero attached hydrogens (tertiary/aromatic N) is 1. The number of carbonyl (C=O) groups excluding carboxylic acids is 2. The van der Waals surface area contributed by atoms with Crippen molar-refractivity contribution in [3.63, 3.8) is 0 Å². The zero-order chi connectivity index (χ0) is 13.8. The first-order valence-corrected chi connectivity index (χ1v) is 6.57. The SMILES string of the molecule is Cc1cccc2c1[C@@H](N1C(=O)C=CC1=O)CC2(C)C. The summed E-state index contributed by atoms with van der Waals surface area (Å²) in [5.74, 6) is -0.385. The molecule has 1 aromatic rings. The van der Waals surface area contributed by atoms with E-state index in [4.69, 9.17) is 0 Å². The van der Waals surface area contributed by atoms with Crippen LogP contribution in [0.25, 0.3) is 0 Å². The molecule has 3 rings (SSSR count). The Hall–Kier alpha value is -1.90. The van der Waals surface area contributed by atoms with E-state index in [2.05, 4.69) is 19.9 Å². The smallest absolute Gasteiger partial charge is 0.254 e. The van der Waals surface area contributed by atoms with Gasteiger partial charge in [-0.3, -0.25) is 14.5 Å². The standard InChI is InChI=1S/C16H17NO2/c1-10-5-4-6-11-15(10)12(9-16(11,2)3)17-13(18)7-8-14(17)19/h4-8,12H,9H2,1-3H3/t12-/m0/s1. The monoisotopic (exact) mass is 255 g/mol. The minimum atomic E-state index is -0.193. The van der Waals surface area contributed by atoms with Gasteiger partial charge in [0.25, 0.3) is 11.8 Å². The molecule has 19 heavy (non-hydrogen) atoms. The predicted molar refractivity (Wildman–Crippen MR) is 72.6 cm³/mol. The van der Waals surface area contributed by atoms with E-state index < -0.39 is 0 Å². The fourth-order valence-corrected chi connectivity index (χ4v) is 3.35. The van der Waals surface area contributed by atoms with Gasteiger partial charge in [-0.25, -0.2) is 0 Å². The average Bonchev–Trinajstić information content (AvgIpc) is 2.79. The summed E-state index contributed by atoms with van der Waals surface area (Å²) in [7, 11) is 0. The molecule has 0 bridgehead atoms. The summed E-state index contributed by atoms with van der Waals surface area (Å²) in [6, 6.07) is 6.08. The van der Waals surface area contributed by atoms with Gasteiger partial charge in [0.1, 0.15) is 0 Å². The molecule has 0 radical (unpaired) electrons. The second-order valence-electron chi connectivity index (χ2n) is 6.02. The van der Waals surface area contributed by atoms with Gasteiger partial charge in [-0.1, -0.05) is 32.0 Å². The highest BCUT2D eigenvalue weighted by Crippen LogP contribution is 2.48. The molecule has 0 aromatic heterocycles. The Labute approximate surface area is 112 Å². The van der Waals surface area contributed by atoms with Gasteiger partial charge in [-0.05, 0) is 35.4 Å². The second-order valence-corrected chi connectivity index (χ2v) is 6.02. The van der Waals surface area contributed by atoms with E-state index >= 15 is 0 Å². The minimum absolute atomic E-state index is 0.00479. The van der Waals surface area contributed by atoms with E-state index in [0.29, 0.717) is 0 Å². The van der Waals surface area contributed by atoms with Crippen molar-refractivity contribution in [3.05, 3.63) is 47.0 Å². The van der Waals surface area contributed by atoms with Gasteiger partial charge in [0, 0.05) is 12.2 Å². The van der Waals surface area contributed by atoms with E-state index in [1.807, 2.05) is 19.1 Å². The van der Waals surface area contributed by atoms with Crippen molar-refractivity contribution in [2.75, 3.05) is 0 Å². The topological polar surface area (TPSA) is 37.4 Å². The molecule has 0 unspecified atom stereocenters. The highest BCUT2D eigenvalue weighted by Gasteiger charge is 2.44. The number of carbonyl (C=O) groups is 2. The zero-order valence-electron chi connectivity index (χ0n) is 11.4. The lowest BCUT2D eigenvalue weighted by atomic mass is 9.86. The molecule has 1 heterocycles. The fourth-order valence-electron chi connectivity index (χ4n) is 3.35. The van der Waals surface area contributed by atoms with Crippen LogP contribution in [-0.4, -0.2) is 16.7 Å². The number of amides is 2. The van der Waals surface area contributed by atoms with E-state index in [0.717, 1.165) is 17.5 Å². The summed E-state index contributed by atoms with van der Waals surface area (Å²) < 4.78 is 0. The van der Waals surface area contributed by atoms with E-state index in [9.17, 15) is 9.59 Å².